The van der Waals surface area contributed by atoms with E-state index < -0.39 is 47.9 Å². The van der Waals surface area contributed by atoms with Crippen LogP contribution in [-0.4, -0.2) is 73.7 Å². The van der Waals surface area contributed by atoms with Crippen LogP contribution in [0.2, 0.25) is 0 Å². The molecule has 13 heteroatoms. The lowest BCUT2D eigenvalue weighted by Gasteiger charge is -2.25. The quantitative estimate of drug-likeness (QED) is 0.0989. The maximum atomic E-state index is 13.6. The van der Waals surface area contributed by atoms with Crippen LogP contribution in [0.15, 0.2) is 73.3 Å². The number of para-hydroxylation sites is 1. The predicted octanol–water partition coefficient (Wildman–Crippen LogP) is 0.715. The highest BCUT2D eigenvalue weighted by atomic mass is 32.1. The maximum Gasteiger partial charge on any atom is 0.326 e. The van der Waals surface area contributed by atoms with E-state index >= 15 is 0 Å². The first kappa shape index (κ1) is 30.3. The van der Waals surface area contributed by atoms with Crippen molar-refractivity contribution in [3.8, 4) is 0 Å². The van der Waals surface area contributed by atoms with Crippen LogP contribution < -0.4 is 21.7 Å². The van der Waals surface area contributed by atoms with Crippen molar-refractivity contribution in [1.82, 2.24) is 30.9 Å². The van der Waals surface area contributed by atoms with E-state index in [1.54, 1.807) is 30.5 Å². The molecule has 0 saturated heterocycles. The summed E-state index contributed by atoms with van der Waals surface area (Å²) in [5, 5.41) is 18.7. The molecule has 4 atom stereocenters. The Bertz CT molecular complexity index is 1510. The Balaban J connectivity index is 1.59. The van der Waals surface area contributed by atoms with Crippen molar-refractivity contribution in [2.45, 2.75) is 43.4 Å². The van der Waals surface area contributed by atoms with Gasteiger partial charge in [0.2, 0.25) is 17.7 Å². The molecule has 42 heavy (non-hydrogen) atoms. The molecular formula is C29H33N7O5S. The number of carbonyl (C=O) groups excluding carboxylic acids is 3. The van der Waals surface area contributed by atoms with Crippen LogP contribution in [-0.2, 0) is 38.4 Å². The van der Waals surface area contributed by atoms with Crippen molar-refractivity contribution in [2.75, 3.05) is 5.75 Å². The Labute approximate surface area is 247 Å². The Morgan fingerprint density at radius 2 is 1.48 bits per heavy atom. The van der Waals surface area contributed by atoms with Gasteiger partial charge in [-0.15, -0.1) is 0 Å². The molecule has 8 N–H and O–H groups in total. The Morgan fingerprint density at radius 1 is 0.833 bits per heavy atom. The van der Waals surface area contributed by atoms with E-state index in [2.05, 4.69) is 43.5 Å². The summed E-state index contributed by atoms with van der Waals surface area (Å²) in [6.07, 6.45) is 4.85. The lowest BCUT2D eigenvalue weighted by molar-refractivity contribution is -0.142. The number of nitrogens with zero attached hydrogens (tertiary/aromatic N) is 1. The fourth-order valence-electron chi connectivity index (χ4n) is 4.51. The highest BCUT2D eigenvalue weighted by Crippen LogP contribution is 2.19. The minimum absolute atomic E-state index is 0.0457. The van der Waals surface area contributed by atoms with Gasteiger partial charge in [0.25, 0.3) is 0 Å². The molecule has 0 radical (unpaired) electrons. The first-order chi connectivity index (χ1) is 20.2. The maximum absolute atomic E-state index is 13.6. The molecule has 2 aromatic heterocycles. The van der Waals surface area contributed by atoms with Crippen LogP contribution in [0.5, 0.6) is 0 Å². The predicted molar refractivity (Wildman–Crippen MR) is 160 cm³/mol. The molecule has 0 bridgehead atoms. The second-order valence-electron chi connectivity index (χ2n) is 9.85. The number of fused-ring (bicyclic) bond motifs is 1. The van der Waals surface area contributed by atoms with E-state index in [-0.39, 0.29) is 25.0 Å². The van der Waals surface area contributed by atoms with Crippen molar-refractivity contribution in [3.63, 3.8) is 0 Å². The van der Waals surface area contributed by atoms with Gasteiger partial charge >= 0.3 is 5.97 Å². The molecular weight excluding hydrogens is 558 g/mol. The molecule has 0 aliphatic heterocycles. The number of carbonyl (C=O) groups is 4. The number of aliphatic carboxylic acids is 1. The van der Waals surface area contributed by atoms with Gasteiger partial charge in [0.15, 0.2) is 0 Å². The number of thiol groups is 1. The lowest BCUT2D eigenvalue weighted by atomic mass is 10.0. The van der Waals surface area contributed by atoms with Crippen molar-refractivity contribution < 1.29 is 24.3 Å². The third kappa shape index (κ3) is 7.98. The van der Waals surface area contributed by atoms with E-state index in [1.165, 1.54) is 12.5 Å². The fourth-order valence-corrected chi connectivity index (χ4v) is 4.68. The zero-order chi connectivity index (χ0) is 30.1. The summed E-state index contributed by atoms with van der Waals surface area (Å²) in [5.41, 5.74) is 8.70. The van der Waals surface area contributed by atoms with Gasteiger partial charge in [-0.1, -0.05) is 48.5 Å². The van der Waals surface area contributed by atoms with E-state index in [0.717, 1.165) is 22.0 Å². The monoisotopic (exact) mass is 591 g/mol. The van der Waals surface area contributed by atoms with Gasteiger partial charge in [-0.25, -0.2) is 9.78 Å². The summed E-state index contributed by atoms with van der Waals surface area (Å²) in [4.78, 5) is 61.9. The molecule has 0 fully saturated rings. The molecule has 4 unspecified atom stereocenters. The summed E-state index contributed by atoms with van der Waals surface area (Å²) in [6.45, 7) is 0. The highest BCUT2D eigenvalue weighted by Gasteiger charge is 2.31. The van der Waals surface area contributed by atoms with Crippen molar-refractivity contribution in [1.29, 1.82) is 0 Å². The Morgan fingerprint density at radius 3 is 2.14 bits per heavy atom. The van der Waals surface area contributed by atoms with Gasteiger partial charge in [0.05, 0.1) is 12.4 Å². The minimum atomic E-state index is -1.24. The van der Waals surface area contributed by atoms with Crippen molar-refractivity contribution >= 4 is 47.2 Å². The topological polar surface area (TPSA) is 195 Å². The number of nitrogens with two attached hydrogens (primary N) is 1. The van der Waals surface area contributed by atoms with E-state index in [4.69, 9.17) is 5.73 Å². The third-order valence-corrected chi connectivity index (χ3v) is 7.17. The van der Waals surface area contributed by atoms with Gasteiger partial charge in [-0.2, -0.15) is 12.6 Å². The van der Waals surface area contributed by atoms with Crippen LogP contribution in [0, 0.1) is 0 Å². The number of rotatable bonds is 14. The van der Waals surface area contributed by atoms with Crippen molar-refractivity contribution in [3.05, 3.63) is 90.1 Å². The molecule has 0 aliphatic carbocycles. The van der Waals surface area contributed by atoms with Crippen LogP contribution in [0.3, 0.4) is 0 Å². The second kappa shape index (κ2) is 14.3. The number of hydrogen-bond acceptors (Lipinski definition) is 7. The summed E-state index contributed by atoms with van der Waals surface area (Å²) in [5.74, 6) is -3.08. The highest BCUT2D eigenvalue weighted by molar-refractivity contribution is 7.80. The average molecular weight is 592 g/mol. The second-order valence-corrected chi connectivity index (χ2v) is 10.2. The van der Waals surface area contributed by atoms with Gasteiger partial charge in [-0.05, 0) is 17.2 Å². The number of aromatic amines is 2. The third-order valence-electron chi connectivity index (χ3n) is 6.77. The molecule has 0 saturated carbocycles. The Kier molecular flexibility index (Phi) is 10.3. The van der Waals surface area contributed by atoms with Gasteiger partial charge in [0, 0.05) is 54.0 Å². The number of hydrogen-bond donors (Lipinski definition) is 8. The van der Waals surface area contributed by atoms with Crippen molar-refractivity contribution in [2.24, 2.45) is 5.73 Å². The SMILES string of the molecule is NC(CS)C(=O)NC(Cc1cnc[nH]1)C(=O)NC(Cc1c[nH]c2ccccc12)C(=O)NC(Cc1ccccc1)C(=O)O. The number of benzene rings is 2. The smallest absolute Gasteiger partial charge is 0.326 e. The molecule has 0 aliphatic rings. The molecule has 3 amide bonds. The number of carboxylic acid groups (broad SMARTS) is 1. The van der Waals surface area contributed by atoms with E-state index in [9.17, 15) is 24.3 Å². The lowest BCUT2D eigenvalue weighted by Crippen LogP contribution is -2.58. The molecule has 2 aromatic carbocycles. The summed E-state index contributed by atoms with van der Waals surface area (Å²) < 4.78 is 0. The van der Waals surface area contributed by atoms with Crippen LogP contribution >= 0.6 is 12.6 Å². The number of imidazole rings is 1. The molecule has 12 nitrogen and oxygen atoms in total. The zero-order valence-electron chi connectivity index (χ0n) is 22.6. The van der Waals surface area contributed by atoms with Gasteiger partial charge in [-0.3, -0.25) is 14.4 Å². The number of H-pyrrole nitrogens is 2. The van der Waals surface area contributed by atoms with Crippen LogP contribution in [0.4, 0.5) is 0 Å². The molecule has 220 valence electrons. The number of carboxylic acids is 1. The number of aromatic nitrogens is 3. The zero-order valence-corrected chi connectivity index (χ0v) is 23.5. The van der Waals surface area contributed by atoms with E-state index in [0.29, 0.717) is 5.69 Å². The molecule has 0 spiro atoms. The summed E-state index contributed by atoms with van der Waals surface area (Å²) in [6, 6.07) is 11.9. The molecule has 4 rings (SSSR count). The van der Waals surface area contributed by atoms with Gasteiger partial charge < -0.3 is 36.8 Å². The molecule has 2 heterocycles. The minimum Gasteiger partial charge on any atom is -0.480 e. The number of nitrogens with one attached hydrogen (secondary N) is 5. The van der Waals surface area contributed by atoms with Crippen LogP contribution in [0.1, 0.15) is 16.8 Å². The average Bonchev–Trinajstić information content (AvgIpc) is 3.66. The molecule has 4 aromatic rings. The normalized spacial score (nSPS) is 14.0. The Hall–Kier alpha value is -4.62. The van der Waals surface area contributed by atoms with E-state index in [1.807, 2.05) is 30.3 Å². The van der Waals surface area contributed by atoms with Crippen LogP contribution in [0.25, 0.3) is 10.9 Å². The standard InChI is InChI=1S/C29H33N7O5S/c30-21(15-42)26(37)34-24(12-19-14-31-16-33-19)28(39)35-23(11-18-13-32-22-9-5-4-8-20(18)22)27(38)36-25(29(40)41)10-17-6-2-1-3-7-17/h1-9,13-14,16,21,23-25,32,42H,10-12,15,30H2,(H,31,33)(H,34,37)(H,35,39)(H,36,38)(H,40,41). The van der Waals surface area contributed by atoms with Gasteiger partial charge in [0.1, 0.15) is 18.1 Å². The summed E-state index contributed by atoms with van der Waals surface area (Å²) >= 11 is 4.06. The summed E-state index contributed by atoms with van der Waals surface area (Å²) in [7, 11) is 0. The first-order valence-electron chi connectivity index (χ1n) is 13.3. The largest absolute Gasteiger partial charge is 0.480 e. The fraction of sp³-hybridized carbons (Fsp3) is 0.276. The first-order valence-corrected chi connectivity index (χ1v) is 13.9. The number of amides is 3.